The predicted molar refractivity (Wildman–Crippen MR) is 184 cm³/mol. The highest BCUT2D eigenvalue weighted by molar-refractivity contribution is 6.09. The smallest absolute Gasteiger partial charge is 0.265 e. The summed E-state index contributed by atoms with van der Waals surface area (Å²) in [5, 5.41) is 11.6. The third kappa shape index (κ3) is 5.63. The summed E-state index contributed by atoms with van der Waals surface area (Å²) in [5.41, 5.74) is 7.04. The van der Waals surface area contributed by atoms with E-state index in [9.17, 15) is 9.90 Å². The van der Waals surface area contributed by atoms with Gasteiger partial charge in [0.05, 0.1) is 30.2 Å². The number of aliphatic hydroxyl groups is 1. The summed E-state index contributed by atoms with van der Waals surface area (Å²) in [6.45, 7) is 6.42. The van der Waals surface area contributed by atoms with Crippen LogP contribution in [0.1, 0.15) is 52.7 Å². The Morgan fingerprint density at radius 1 is 1.04 bits per heavy atom. The minimum absolute atomic E-state index is 0.0654. The summed E-state index contributed by atoms with van der Waals surface area (Å²) < 4.78 is 21.4. The largest absolute Gasteiger partial charge is 0.491 e. The van der Waals surface area contributed by atoms with Crippen molar-refractivity contribution in [2.45, 2.75) is 44.9 Å². The highest BCUT2D eigenvalue weighted by atomic mass is 19.1. The van der Waals surface area contributed by atoms with Gasteiger partial charge in [-0.1, -0.05) is 18.2 Å². The molecule has 2 aliphatic heterocycles. The number of piperazine rings is 1. The number of carbonyl (C=O) groups is 1. The Balaban J connectivity index is 1.10. The van der Waals surface area contributed by atoms with Gasteiger partial charge in [-0.2, -0.15) is 0 Å². The second-order valence-electron chi connectivity index (χ2n) is 13.4. The van der Waals surface area contributed by atoms with Crippen molar-refractivity contribution < 1.29 is 19.0 Å². The van der Waals surface area contributed by atoms with Gasteiger partial charge in [0, 0.05) is 55.6 Å². The summed E-state index contributed by atoms with van der Waals surface area (Å²) >= 11 is 0. The number of aliphatic hydroxyl groups excluding tert-OH is 1. The SMILES string of the molecule is CC1CN(C)CCN1Cc1ccc(-c2cc3c(-c4cccc(N5CCOc6cc(C7CC7)cc(F)c6C5=O)c4CO)ccnc3[nH]2)nc1. The Morgan fingerprint density at radius 3 is 2.69 bits per heavy atom. The molecule has 8 rings (SSSR count). The molecule has 10 heteroatoms. The molecule has 246 valence electrons. The first-order valence-corrected chi connectivity index (χ1v) is 16.7. The fraction of sp³-hybridized carbons (Fsp3) is 0.342. The predicted octanol–water partition coefficient (Wildman–Crippen LogP) is 5.98. The van der Waals surface area contributed by atoms with E-state index in [4.69, 9.17) is 9.72 Å². The van der Waals surface area contributed by atoms with Crippen LogP contribution in [0.15, 0.2) is 67.0 Å². The molecule has 3 aliphatic rings. The molecule has 48 heavy (non-hydrogen) atoms. The average Bonchev–Trinajstić information content (AvgIpc) is 3.87. The maximum absolute atomic E-state index is 15.4. The number of amides is 1. The van der Waals surface area contributed by atoms with Gasteiger partial charge in [0.2, 0.25) is 0 Å². The first kappa shape index (κ1) is 30.7. The number of hydrogen-bond donors (Lipinski definition) is 2. The summed E-state index contributed by atoms with van der Waals surface area (Å²) in [7, 11) is 2.17. The van der Waals surface area contributed by atoms with Gasteiger partial charge in [-0.05, 0) is 91.4 Å². The van der Waals surface area contributed by atoms with Gasteiger partial charge in [-0.25, -0.2) is 9.37 Å². The maximum Gasteiger partial charge on any atom is 0.265 e. The van der Waals surface area contributed by atoms with Crippen LogP contribution < -0.4 is 9.64 Å². The van der Waals surface area contributed by atoms with Crippen molar-refractivity contribution in [1.82, 2.24) is 24.8 Å². The van der Waals surface area contributed by atoms with Crippen molar-refractivity contribution in [1.29, 1.82) is 0 Å². The van der Waals surface area contributed by atoms with Gasteiger partial charge < -0.3 is 24.6 Å². The molecule has 1 amide bonds. The first-order chi connectivity index (χ1) is 23.4. The molecule has 9 nitrogen and oxygen atoms in total. The molecular formula is C38H39FN6O3. The molecule has 2 aromatic carbocycles. The number of anilines is 1. The zero-order valence-corrected chi connectivity index (χ0v) is 27.2. The van der Waals surface area contributed by atoms with E-state index >= 15 is 4.39 Å². The number of hydrogen-bond acceptors (Lipinski definition) is 7. The van der Waals surface area contributed by atoms with Crippen LogP contribution in [0.5, 0.6) is 5.75 Å². The number of rotatable bonds is 7. The monoisotopic (exact) mass is 646 g/mol. The minimum Gasteiger partial charge on any atom is -0.491 e. The molecule has 1 saturated carbocycles. The number of nitrogens with zero attached hydrogens (tertiary/aromatic N) is 5. The summed E-state index contributed by atoms with van der Waals surface area (Å²) in [6, 6.07) is 17.5. The zero-order valence-electron chi connectivity index (χ0n) is 27.2. The Hall–Kier alpha value is -4.64. The number of benzene rings is 2. The summed E-state index contributed by atoms with van der Waals surface area (Å²) in [5.74, 6) is -0.427. The van der Waals surface area contributed by atoms with E-state index < -0.39 is 11.7 Å². The number of carbonyl (C=O) groups excluding carboxylic acids is 1. The van der Waals surface area contributed by atoms with Crippen molar-refractivity contribution in [3.63, 3.8) is 0 Å². The number of nitrogens with one attached hydrogen (secondary N) is 1. The van der Waals surface area contributed by atoms with E-state index in [1.165, 1.54) is 16.5 Å². The van der Waals surface area contributed by atoms with Crippen LogP contribution in [0.3, 0.4) is 0 Å². The number of aromatic amines is 1. The number of H-pyrrole nitrogens is 1. The van der Waals surface area contributed by atoms with Gasteiger partial charge in [-0.15, -0.1) is 0 Å². The molecule has 5 heterocycles. The quantitative estimate of drug-likeness (QED) is 0.225. The second kappa shape index (κ2) is 12.4. The van der Waals surface area contributed by atoms with E-state index in [0.29, 0.717) is 28.9 Å². The lowest BCUT2D eigenvalue weighted by molar-refractivity contribution is 0.0937. The maximum atomic E-state index is 15.4. The van der Waals surface area contributed by atoms with E-state index in [1.807, 2.05) is 42.6 Å². The van der Waals surface area contributed by atoms with E-state index in [2.05, 4.69) is 39.8 Å². The molecule has 2 N–H and O–H groups in total. The molecule has 5 aromatic rings. The van der Waals surface area contributed by atoms with Crippen molar-refractivity contribution in [3.8, 4) is 28.3 Å². The number of ether oxygens (including phenoxy) is 1. The van der Waals surface area contributed by atoms with Gasteiger partial charge in [0.25, 0.3) is 5.91 Å². The van der Waals surface area contributed by atoms with Crippen LogP contribution in [0.4, 0.5) is 10.1 Å². The van der Waals surface area contributed by atoms with Crippen LogP contribution in [-0.4, -0.2) is 81.6 Å². The molecule has 0 spiro atoms. The number of fused-ring (bicyclic) bond motifs is 2. The number of likely N-dealkylation sites (N-methyl/N-ethyl adjacent to an activating group) is 1. The van der Waals surface area contributed by atoms with Gasteiger partial charge in [-0.3, -0.25) is 14.7 Å². The number of aromatic nitrogens is 3. The van der Waals surface area contributed by atoms with Crippen molar-refractivity contribution in [3.05, 3.63) is 95.1 Å². The fourth-order valence-electron chi connectivity index (χ4n) is 7.26. The molecular weight excluding hydrogens is 607 g/mol. The lowest BCUT2D eigenvalue weighted by Gasteiger charge is -2.38. The zero-order chi connectivity index (χ0) is 32.9. The Bertz CT molecular complexity index is 2010. The van der Waals surface area contributed by atoms with Gasteiger partial charge >= 0.3 is 0 Å². The molecule has 1 aliphatic carbocycles. The fourth-order valence-corrected chi connectivity index (χ4v) is 7.26. The lowest BCUT2D eigenvalue weighted by atomic mass is 9.96. The topological polar surface area (TPSA) is 97.8 Å². The number of halogens is 1. The Morgan fingerprint density at radius 2 is 1.92 bits per heavy atom. The van der Waals surface area contributed by atoms with Crippen molar-refractivity contribution in [2.24, 2.45) is 0 Å². The van der Waals surface area contributed by atoms with Gasteiger partial charge in [0.1, 0.15) is 29.4 Å². The van der Waals surface area contributed by atoms with Gasteiger partial charge in [0.15, 0.2) is 0 Å². The van der Waals surface area contributed by atoms with E-state index in [1.54, 1.807) is 12.3 Å². The highest BCUT2D eigenvalue weighted by Crippen LogP contribution is 2.43. The Kier molecular flexibility index (Phi) is 7.94. The van der Waals surface area contributed by atoms with E-state index in [0.717, 1.165) is 72.5 Å². The second-order valence-corrected chi connectivity index (χ2v) is 13.4. The summed E-state index contributed by atoms with van der Waals surface area (Å²) in [4.78, 5) is 33.1. The van der Waals surface area contributed by atoms with Crippen molar-refractivity contribution in [2.75, 3.05) is 44.7 Å². The lowest BCUT2D eigenvalue weighted by Crippen LogP contribution is -2.49. The molecule has 0 bridgehead atoms. The van der Waals surface area contributed by atoms with Crippen LogP contribution in [0.2, 0.25) is 0 Å². The number of pyridine rings is 2. The van der Waals surface area contributed by atoms with Crippen LogP contribution in [0, 0.1) is 5.82 Å². The molecule has 1 atom stereocenters. The minimum atomic E-state index is -0.570. The third-order valence-corrected chi connectivity index (χ3v) is 10.0. The molecule has 3 aromatic heterocycles. The molecule has 2 fully saturated rings. The highest BCUT2D eigenvalue weighted by Gasteiger charge is 2.33. The van der Waals surface area contributed by atoms with Crippen molar-refractivity contribution >= 4 is 22.6 Å². The average molecular weight is 647 g/mol. The first-order valence-electron chi connectivity index (χ1n) is 16.7. The summed E-state index contributed by atoms with van der Waals surface area (Å²) in [6.07, 6.45) is 5.72. The molecule has 0 radical (unpaired) electrons. The van der Waals surface area contributed by atoms with Crippen LogP contribution in [-0.2, 0) is 13.2 Å². The third-order valence-electron chi connectivity index (χ3n) is 10.0. The van der Waals surface area contributed by atoms with E-state index in [-0.39, 0.29) is 31.1 Å². The normalized spacial score (nSPS) is 19.0. The standard InChI is InChI=1S/C38H39FN6O3/c1-23-20-43(2)12-13-44(23)21-24-6-9-32(41-19-24)33-18-29-28(10-11-40-37(29)42-33)27-4-3-5-34(30(27)22-46)45-14-15-48-35-17-26(25-7-8-25)16-31(39)36(35)38(45)47/h3-6,9-11,16-19,23,25,46H,7-8,12-15,20-22H2,1-2H3,(H,40,42). The van der Waals surface area contributed by atoms with Crippen LogP contribution in [0.25, 0.3) is 33.5 Å². The Labute approximate surface area is 279 Å². The van der Waals surface area contributed by atoms with Crippen LogP contribution >= 0.6 is 0 Å². The molecule has 1 saturated heterocycles. The molecule has 1 unspecified atom stereocenters.